The number of nitrogens with one attached hydrogen (secondary N) is 1. The van der Waals surface area contributed by atoms with Gasteiger partial charge in [0.1, 0.15) is 23.5 Å². The van der Waals surface area contributed by atoms with E-state index in [4.69, 9.17) is 20.0 Å². The summed E-state index contributed by atoms with van der Waals surface area (Å²) in [6, 6.07) is 10.5. The first-order chi connectivity index (χ1) is 10.2. The van der Waals surface area contributed by atoms with Gasteiger partial charge in [-0.05, 0) is 23.8 Å². The Kier molecular flexibility index (Phi) is 7.06. The van der Waals surface area contributed by atoms with Gasteiger partial charge < -0.3 is 14.8 Å². The van der Waals surface area contributed by atoms with Gasteiger partial charge in [-0.2, -0.15) is 10.5 Å². The summed E-state index contributed by atoms with van der Waals surface area (Å²) in [4.78, 5) is 11.7. The van der Waals surface area contributed by atoms with Crippen LogP contribution in [0.5, 0.6) is 5.75 Å². The highest BCUT2D eigenvalue weighted by molar-refractivity contribution is 6.01. The van der Waals surface area contributed by atoms with Crippen molar-refractivity contribution in [2.45, 2.75) is 0 Å². The molecule has 0 unspecified atom stereocenters. The molecule has 0 aliphatic heterocycles. The minimum atomic E-state index is -0.445. The Morgan fingerprint density at radius 2 is 2.05 bits per heavy atom. The molecule has 0 aliphatic carbocycles. The van der Waals surface area contributed by atoms with Crippen LogP contribution < -0.4 is 10.1 Å². The fraction of sp³-hybridized carbons (Fsp3) is 0.267. The van der Waals surface area contributed by atoms with Gasteiger partial charge in [0.2, 0.25) is 0 Å². The number of hydrogen-bond donors (Lipinski definition) is 1. The van der Waals surface area contributed by atoms with E-state index < -0.39 is 5.91 Å². The van der Waals surface area contributed by atoms with Crippen LogP contribution in [0.1, 0.15) is 5.56 Å². The molecule has 1 N–H and O–H groups in total. The van der Waals surface area contributed by atoms with Gasteiger partial charge in [0.05, 0.1) is 6.61 Å². The summed E-state index contributed by atoms with van der Waals surface area (Å²) in [6.07, 6.45) is 1.48. The summed E-state index contributed by atoms with van der Waals surface area (Å²) in [5, 5.41) is 20.0. The van der Waals surface area contributed by atoms with Gasteiger partial charge in [-0.1, -0.05) is 12.1 Å². The van der Waals surface area contributed by atoms with E-state index in [9.17, 15) is 4.79 Å². The average Bonchev–Trinajstić information content (AvgIpc) is 2.51. The van der Waals surface area contributed by atoms with E-state index in [-0.39, 0.29) is 12.2 Å². The monoisotopic (exact) mass is 285 g/mol. The predicted octanol–water partition coefficient (Wildman–Crippen LogP) is 1.26. The number of rotatable bonds is 7. The first-order valence-corrected chi connectivity index (χ1v) is 6.20. The van der Waals surface area contributed by atoms with Crippen LogP contribution >= 0.6 is 0 Å². The molecule has 1 aromatic rings. The number of carbonyl (C=O) groups is 1. The van der Waals surface area contributed by atoms with Crippen molar-refractivity contribution in [2.75, 3.05) is 26.9 Å². The second-order valence-electron chi connectivity index (χ2n) is 3.93. The minimum Gasteiger partial charge on any atom is -0.479 e. The van der Waals surface area contributed by atoms with Crippen LogP contribution in [0.2, 0.25) is 0 Å². The van der Waals surface area contributed by atoms with Crippen LogP contribution in [0, 0.1) is 22.7 Å². The molecule has 6 nitrogen and oxygen atoms in total. The number of methoxy groups -OCH3 is 1. The fourth-order valence-corrected chi connectivity index (χ4v) is 1.45. The van der Waals surface area contributed by atoms with E-state index >= 15 is 0 Å². The van der Waals surface area contributed by atoms with Crippen molar-refractivity contribution in [2.24, 2.45) is 0 Å². The molecule has 1 rings (SSSR count). The molecule has 0 spiro atoms. The van der Waals surface area contributed by atoms with Gasteiger partial charge >= 0.3 is 0 Å². The molecule has 0 fully saturated rings. The summed E-state index contributed by atoms with van der Waals surface area (Å²) in [5.41, 5.74) is 0.703. The van der Waals surface area contributed by atoms with E-state index in [0.717, 1.165) is 0 Å². The van der Waals surface area contributed by atoms with Gasteiger partial charge in [0.25, 0.3) is 5.91 Å². The largest absolute Gasteiger partial charge is 0.479 e. The number of benzene rings is 1. The zero-order valence-corrected chi connectivity index (χ0v) is 11.6. The Hall–Kier alpha value is -2.83. The molecule has 0 saturated carbocycles. The number of amides is 1. The highest BCUT2D eigenvalue weighted by Gasteiger charge is 2.08. The van der Waals surface area contributed by atoms with Crippen LogP contribution in [-0.2, 0) is 9.53 Å². The third-order valence-electron chi connectivity index (χ3n) is 2.45. The zero-order valence-electron chi connectivity index (χ0n) is 11.6. The third-order valence-corrected chi connectivity index (χ3v) is 2.45. The molecular formula is C15H15N3O3. The maximum absolute atomic E-state index is 11.7. The molecule has 0 heterocycles. The highest BCUT2D eigenvalue weighted by atomic mass is 16.5. The second kappa shape index (κ2) is 9.13. The molecular weight excluding hydrogens is 270 g/mol. The number of hydrogen-bond acceptors (Lipinski definition) is 5. The molecule has 1 amide bonds. The van der Waals surface area contributed by atoms with Crippen molar-refractivity contribution < 1.29 is 14.3 Å². The quantitative estimate of drug-likeness (QED) is 0.462. The summed E-state index contributed by atoms with van der Waals surface area (Å²) < 4.78 is 9.93. The molecule has 1 aromatic carbocycles. The van der Waals surface area contributed by atoms with E-state index in [1.54, 1.807) is 24.3 Å². The first-order valence-electron chi connectivity index (χ1n) is 6.20. The van der Waals surface area contributed by atoms with Crippen LogP contribution in [0.4, 0.5) is 0 Å². The SMILES string of the molecule is COCCNC(=O)/C(C#N)=C/c1ccc(OCC#N)cc1. The fourth-order valence-electron chi connectivity index (χ4n) is 1.45. The molecule has 0 atom stereocenters. The Morgan fingerprint density at radius 3 is 2.62 bits per heavy atom. The molecule has 0 aromatic heterocycles. The average molecular weight is 285 g/mol. The van der Waals surface area contributed by atoms with Crippen LogP contribution in [0.15, 0.2) is 29.8 Å². The third kappa shape index (κ3) is 5.77. The first kappa shape index (κ1) is 16.2. The van der Waals surface area contributed by atoms with Crippen LogP contribution in [-0.4, -0.2) is 32.8 Å². The summed E-state index contributed by atoms with van der Waals surface area (Å²) in [5.74, 6) is 0.108. The minimum absolute atomic E-state index is 0.0109. The molecule has 21 heavy (non-hydrogen) atoms. The van der Waals surface area contributed by atoms with Gasteiger partial charge in [-0.25, -0.2) is 0 Å². The standard InChI is InChI=1S/C15H15N3O3/c1-20-9-7-18-15(19)13(11-17)10-12-2-4-14(5-3-12)21-8-6-16/h2-5,10H,7-9H2,1H3,(H,18,19)/b13-10+. The number of nitriles is 2. The lowest BCUT2D eigenvalue weighted by Gasteiger charge is -2.04. The lowest BCUT2D eigenvalue weighted by atomic mass is 10.1. The van der Waals surface area contributed by atoms with Crippen molar-refractivity contribution in [1.29, 1.82) is 10.5 Å². The second-order valence-corrected chi connectivity index (χ2v) is 3.93. The van der Waals surface area contributed by atoms with Gasteiger partial charge in [-0.3, -0.25) is 4.79 Å². The lowest BCUT2D eigenvalue weighted by molar-refractivity contribution is -0.117. The molecule has 6 heteroatoms. The zero-order chi connectivity index (χ0) is 15.5. The maximum atomic E-state index is 11.7. The van der Waals surface area contributed by atoms with Crippen LogP contribution in [0.3, 0.4) is 0 Å². The van der Waals surface area contributed by atoms with Gasteiger partial charge in [-0.15, -0.1) is 0 Å². The molecule has 108 valence electrons. The summed E-state index contributed by atoms with van der Waals surface area (Å²) >= 11 is 0. The smallest absolute Gasteiger partial charge is 0.262 e. The van der Waals surface area contributed by atoms with Crippen molar-refractivity contribution in [3.8, 4) is 17.9 Å². The van der Waals surface area contributed by atoms with E-state index in [1.165, 1.54) is 13.2 Å². The van der Waals surface area contributed by atoms with Crippen molar-refractivity contribution >= 4 is 12.0 Å². The number of nitrogens with zero attached hydrogens (tertiary/aromatic N) is 2. The highest BCUT2D eigenvalue weighted by Crippen LogP contribution is 2.14. The Morgan fingerprint density at radius 1 is 1.33 bits per heavy atom. The molecule has 0 bridgehead atoms. The van der Waals surface area contributed by atoms with Crippen molar-refractivity contribution in [3.05, 3.63) is 35.4 Å². The Labute approximate surface area is 123 Å². The summed E-state index contributed by atoms with van der Waals surface area (Å²) in [7, 11) is 1.53. The van der Waals surface area contributed by atoms with Crippen LogP contribution in [0.25, 0.3) is 6.08 Å². The molecule has 0 saturated heterocycles. The topological polar surface area (TPSA) is 95.1 Å². The van der Waals surface area contributed by atoms with Gasteiger partial charge in [0, 0.05) is 13.7 Å². The normalized spacial score (nSPS) is 10.3. The Bertz CT molecular complexity index is 580. The Balaban J connectivity index is 2.72. The predicted molar refractivity (Wildman–Crippen MR) is 76.0 cm³/mol. The lowest BCUT2D eigenvalue weighted by Crippen LogP contribution is -2.27. The maximum Gasteiger partial charge on any atom is 0.262 e. The number of ether oxygens (including phenoxy) is 2. The van der Waals surface area contributed by atoms with Crippen molar-refractivity contribution in [1.82, 2.24) is 5.32 Å². The van der Waals surface area contributed by atoms with Gasteiger partial charge in [0.15, 0.2) is 6.61 Å². The molecule has 0 aliphatic rings. The number of carbonyl (C=O) groups excluding carboxylic acids is 1. The van der Waals surface area contributed by atoms with Crippen molar-refractivity contribution in [3.63, 3.8) is 0 Å². The van der Waals surface area contributed by atoms with E-state index in [2.05, 4.69) is 5.32 Å². The molecule has 0 radical (unpaired) electrons. The van der Waals surface area contributed by atoms with E-state index in [1.807, 2.05) is 12.1 Å². The summed E-state index contributed by atoms with van der Waals surface area (Å²) in [6.45, 7) is 0.700. The van der Waals surface area contributed by atoms with E-state index in [0.29, 0.717) is 24.5 Å².